The standard InChI is InChI=1S/C25H32N4O5/c1-17-7-6-8-18(26-17)16-27-12-10-19-23(21(33-2)15-22(30)28(19)14-13-27)24(31)29-11-5-4-9-20(29)25(32)34-3/h6-8,15,20H,4-5,9-14,16H2,1-3H3. The molecule has 34 heavy (non-hydrogen) atoms. The van der Waals surface area contributed by atoms with E-state index in [0.717, 1.165) is 24.2 Å². The number of pyridine rings is 2. The highest BCUT2D eigenvalue weighted by Crippen LogP contribution is 2.28. The fourth-order valence-corrected chi connectivity index (χ4v) is 4.96. The van der Waals surface area contributed by atoms with Gasteiger partial charge in [-0.25, -0.2) is 4.79 Å². The molecule has 0 radical (unpaired) electrons. The van der Waals surface area contributed by atoms with Crippen LogP contribution in [0.1, 0.15) is 46.7 Å². The maximum Gasteiger partial charge on any atom is 0.328 e. The Hall–Kier alpha value is -3.20. The van der Waals surface area contributed by atoms with Crippen LogP contribution >= 0.6 is 0 Å². The number of esters is 1. The molecule has 9 heteroatoms. The average Bonchev–Trinajstić information content (AvgIpc) is 3.06. The topological polar surface area (TPSA) is 94.0 Å². The summed E-state index contributed by atoms with van der Waals surface area (Å²) in [6, 6.07) is 6.71. The Morgan fingerprint density at radius 2 is 1.94 bits per heavy atom. The van der Waals surface area contributed by atoms with Crippen LogP contribution in [0.15, 0.2) is 29.1 Å². The number of piperidine rings is 1. The molecule has 1 amide bonds. The number of carbonyl (C=O) groups excluding carboxylic acids is 2. The van der Waals surface area contributed by atoms with E-state index >= 15 is 0 Å². The van der Waals surface area contributed by atoms with Gasteiger partial charge in [-0.15, -0.1) is 0 Å². The van der Waals surface area contributed by atoms with E-state index in [1.807, 2.05) is 25.1 Å². The first kappa shape index (κ1) is 23.9. The maximum absolute atomic E-state index is 13.8. The minimum absolute atomic E-state index is 0.193. The molecule has 0 bridgehead atoms. The van der Waals surface area contributed by atoms with E-state index in [-0.39, 0.29) is 17.2 Å². The molecule has 1 atom stereocenters. The number of likely N-dealkylation sites (tertiary alicyclic amines) is 1. The average molecular weight is 469 g/mol. The van der Waals surface area contributed by atoms with E-state index in [0.29, 0.717) is 56.8 Å². The molecule has 1 fully saturated rings. The predicted octanol–water partition coefficient (Wildman–Crippen LogP) is 1.79. The highest BCUT2D eigenvalue weighted by Gasteiger charge is 2.36. The highest BCUT2D eigenvalue weighted by molar-refractivity contribution is 6.00. The van der Waals surface area contributed by atoms with Crippen molar-refractivity contribution in [2.75, 3.05) is 33.9 Å². The van der Waals surface area contributed by atoms with Gasteiger partial charge in [-0.05, 0) is 38.3 Å². The van der Waals surface area contributed by atoms with Crippen LogP contribution in [0, 0.1) is 6.92 Å². The van der Waals surface area contributed by atoms with Crippen molar-refractivity contribution in [3.63, 3.8) is 0 Å². The molecule has 1 saturated heterocycles. The summed E-state index contributed by atoms with van der Waals surface area (Å²) in [6.07, 6.45) is 2.74. The number of aryl methyl sites for hydroxylation is 1. The highest BCUT2D eigenvalue weighted by atomic mass is 16.5. The number of methoxy groups -OCH3 is 2. The number of aromatic nitrogens is 2. The number of rotatable bonds is 5. The van der Waals surface area contributed by atoms with Crippen molar-refractivity contribution >= 4 is 11.9 Å². The first-order valence-electron chi connectivity index (χ1n) is 11.8. The Balaban J connectivity index is 1.66. The zero-order valence-corrected chi connectivity index (χ0v) is 20.1. The van der Waals surface area contributed by atoms with Crippen LogP contribution in [0.5, 0.6) is 5.75 Å². The fourth-order valence-electron chi connectivity index (χ4n) is 4.96. The lowest BCUT2D eigenvalue weighted by Gasteiger charge is -2.34. The molecule has 0 spiro atoms. The van der Waals surface area contributed by atoms with Gasteiger partial charge < -0.3 is 18.9 Å². The van der Waals surface area contributed by atoms with Gasteiger partial charge >= 0.3 is 5.97 Å². The molecule has 1 unspecified atom stereocenters. The van der Waals surface area contributed by atoms with E-state index in [9.17, 15) is 14.4 Å². The quantitative estimate of drug-likeness (QED) is 0.618. The van der Waals surface area contributed by atoms with Gasteiger partial charge in [0.2, 0.25) is 0 Å². The van der Waals surface area contributed by atoms with Crippen molar-refractivity contribution < 1.29 is 19.1 Å². The largest absolute Gasteiger partial charge is 0.496 e. The molecule has 0 aromatic carbocycles. The van der Waals surface area contributed by atoms with Gasteiger partial charge in [0, 0.05) is 56.6 Å². The number of amides is 1. The van der Waals surface area contributed by atoms with E-state index in [4.69, 9.17) is 9.47 Å². The second kappa shape index (κ2) is 10.4. The van der Waals surface area contributed by atoms with Gasteiger partial charge in [0.15, 0.2) is 0 Å². The SMILES string of the molecule is COC(=O)C1CCCCN1C(=O)c1c(OC)cc(=O)n2c1CCN(Cc1cccc(C)n1)CC2. The maximum atomic E-state index is 13.8. The molecule has 2 aliphatic heterocycles. The third kappa shape index (κ3) is 4.84. The molecule has 0 aliphatic carbocycles. The Labute approximate surface area is 199 Å². The molecule has 4 rings (SSSR count). The van der Waals surface area contributed by atoms with E-state index in [2.05, 4.69) is 9.88 Å². The van der Waals surface area contributed by atoms with Crippen molar-refractivity contribution in [1.82, 2.24) is 19.4 Å². The van der Waals surface area contributed by atoms with Crippen LogP contribution in [-0.4, -0.2) is 71.1 Å². The van der Waals surface area contributed by atoms with Crippen LogP contribution in [0.2, 0.25) is 0 Å². The molecular formula is C25H32N4O5. The Bertz CT molecular complexity index is 1130. The Morgan fingerprint density at radius 3 is 2.68 bits per heavy atom. The lowest BCUT2D eigenvalue weighted by atomic mass is 9.99. The van der Waals surface area contributed by atoms with Crippen LogP contribution in [-0.2, 0) is 29.0 Å². The second-order valence-electron chi connectivity index (χ2n) is 8.85. The third-order valence-corrected chi connectivity index (χ3v) is 6.69. The molecule has 0 saturated carbocycles. The smallest absolute Gasteiger partial charge is 0.328 e. The summed E-state index contributed by atoms with van der Waals surface area (Å²) in [5.41, 5.74) is 2.77. The number of carbonyl (C=O) groups is 2. The van der Waals surface area contributed by atoms with Gasteiger partial charge in [-0.2, -0.15) is 0 Å². The summed E-state index contributed by atoms with van der Waals surface area (Å²) >= 11 is 0. The van der Waals surface area contributed by atoms with Crippen LogP contribution in [0.25, 0.3) is 0 Å². The molecule has 2 aliphatic rings. The second-order valence-corrected chi connectivity index (χ2v) is 8.85. The van der Waals surface area contributed by atoms with Gasteiger partial charge in [0.25, 0.3) is 11.5 Å². The van der Waals surface area contributed by atoms with E-state index in [1.165, 1.54) is 20.3 Å². The van der Waals surface area contributed by atoms with E-state index < -0.39 is 12.0 Å². The number of hydrogen-bond acceptors (Lipinski definition) is 7. The lowest BCUT2D eigenvalue weighted by molar-refractivity contribution is -0.147. The summed E-state index contributed by atoms with van der Waals surface area (Å²) in [4.78, 5) is 47.6. The van der Waals surface area contributed by atoms with Crippen molar-refractivity contribution in [3.8, 4) is 5.75 Å². The number of ether oxygens (including phenoxy) is 2. The molecule has 9 nitrogen and oxygen atoms in total. The number of hydrogen-bond donors (Lipinski definition) is 0. The first-order valence-corrected chi connectivity index (χ1v) is 11.8. The van der Waals surface area contributed by atoms with Crippen molar-refractivity contribution in [1.29, 1.82) is 0 Å². The first-order chi connectivity index (χ1) is 16.4. The normalized spacial score (nSPS) is 18.7. The summed E-state index contributed by atoms with van der Waals surface area (Å²) < 4.78 is 12.1. The monoisotopic (exact) mass is 468 g/mol. The van der Waals surface area contributed by atoms with Gasteiger partial charge in [0.1, 0.15) is 17.4 Å². The van der Waals surface area contributed by atoms with Gasteiger partial charge in [0.05, 0.1) is 19.9 Å². The van der Waals surface area contributed by atoms with Crippen LogP contribution < -0.4 is 10.3 Å². The van der Waals surface area contributed by atoms with Crippen molar-refractivity contribution in [2.24, 2.45) is 0 Å². The fraction of sp³-hybridized carbons (Fsp3) is 0.520. The summed E-state index contributed by atoms with van der Waals surface area (Å²) in [7, 11) is 2.80. The van der Waals surface area contributed by atoms with E-state index in [1.54, 1.807) is 9.47 Å². The Kier molecular flexibility index (Phi) is 7.31. The summed E-state index contributed by atoms with van der Waals surface area (Å²) in [6.45, 7) is 4.89. The predicted molar refractivity (Wildman–Crippen MR) is 126 cm³/mol. The molecule has 182 valence electrons. The number of nitrogens with zero attached hydrogens (tertiary/aromatic N) is 4. The molecule has 0 N–H and O–H groups in total. The summed E-state index contributed by atoms with van der Waals surface area (Å²) in [5.74, 6) is -0.447. The van der Waals surface area contributed by atoms with Crippen LogP contribution in [0.3, 0.4) is 0 Å². The van der Waals surface area contributed by atoms with Crippen LogP contribution in [0.4, 0.5) is 0 Å². The summed E-state index contributed by atoms with van der Waals surface area (Å²) in [5, 5.41) is 0. The molecular weight excluding hydrogens is 436 g/mol. The minimum Gasteiger partial charge on any atom is -0.496 e. The number of fused-ring (bicyclic) bond motifs is 1. The zero-order valence-electron chi connectivity index (χ0n) is 20.1. The molecule has 2 aromatic heterocycles. The third-order valence-electron chi connectivity index (χ3n) is 6.69. The minimum atomic E-state index is -0.627. The molecule has 2 aromatic rings. The van der Waals surface area contributed by atoms with Gasteiger partial charge in [-0.1, -0.05) is 6.07 Å². The lowest BCUT2D eigenvalue weighted by Crippen LogP contribution is -2.49. The van der Waals surface area contributed by atoms with Crippen molar-refractivity contribution in [2.45, 2.75) is 51.7 Å². The van der Waals surface area contributed by atoms with Crippen molar-refractivity contribution in [3.05, 3.63) is 57.3 Å². The zero-order chi connectivity index (χ0) is 24.2. The van der Waals surface area contributed by atoms with Gasteiger partial charge in [-0.3, -0.25) is 19.5 Å². The molecule has 4 heterocycles. The Morgan fingerprint density at radius 1 is 1.12 bits per heavy atom.